The van der Waals surface area contributed by atoms with Gasteiger partial charge in [0.2, 0.25) is 0 Å². The molecule has 0 fully saturated rings. The van der Waals surface area contributed by atoms with Gasteiger partial charge in [-0.05, 0) is 34.4 Å². The predicted octanol–water partition coefficient (Wildman–Crippen LogP) is 7.69. The SMILES string of the molecule is O=C(C(CCl)c1c[nH]c2ncc(-c3ccccc3)cc12)C(CCl)c1c[nH]c2ncc(-c3ccccc3)cc12. The van der Waals surface area contributed by atoms with Gasteiger partial charge in [0.15, 0.2) is 0 Å². The first-order valence-corrected chi connectivity index (χ1v) is 13.5. The number of nitrogens with one attached hydrogen (secondary N) is 2. The van der Waals surface area contributed by atoms with E-state index >= 15 is 0 Å². The Hall–Kier alpha value is -3.93. The van der Waals surface area contributed by atoms with E-state index in [0.717, 1.165) is 44.2 Å². The molecule has 6 rings (SSSR count). The van der Waals surface area contributed by atoms with E-state index in [1.165, 1.54) is 0 Å². The molecule has 0 bridgehead atoms. The smallest absolute Gasteiger partial charge is 0.150 e. The van der Waals surface area contributed by atoms with Crippen molar-refractivity contribution in [2.24, 2.45) is 0 Å². The number of rotatable bonds is 8. The molecule has 5 nitrogen and oxygen atoms in total. The van der Waals surface area contributed by atoms with Crippen LogP contribution in [0.25, 0.3) is 44.3 Å². The maximum absolute atomic E-state index is 14.1. The van der Waals surface area contributed by atoms with Crippen molar-refractivity contribution in [3.8, 4) is 22.3 Å². The molecule has 0 amide bonds. The van der Waals surface area contributed by atoms with Crippen LogP contribution in [0.3, 0.4) is 0 Å². The molecule has 7 heteroatoms. The Morgan fingerprint density at radius 2 is 1.08 bits per heavy atom. The minimum Gasteiger partial charge on any atom is -0.346 e. The predicted molar refractivity (Wildman–Crippen MR) is 155 cm³/mol. The monoisotopic (exact) mass is 538 g/mol. The summed E-state index contributed by atoms with van der Waals surface area (Å²) in [5.41, 5.74) is 7.15. The van der Waals surface area contributed by atoms with Crippen molar-refractivity contribution in [2.45, 2.75) is 11.8 Å². The number of pyridine rings is 2. The molecule has 2 atom stereocenters. The number of hydrogen-bond donors (Lipinski definition) is 2. The lowest BCUT2D eigenvalue weighted by atomic mass is 9.85. The van der Waals surface area contributed by atoms with E-state index < -0.39 is 11.8 Å². The molecule has 2 unspecified atom stereocenters. The first-order valence-electron chi connectivity index (χ1n) is 12.4. The van der Waals surface area contributed by atoms with Crippen molar-refractivity contribution in [1.82, 2.24) is 19.9 Å². The van der Waals surface area contributed by atoms with Gasteiger partial charge in [0.25, 0.3) is 0 Å². The fourth-order valence-electron chi connectivity index (χ4n) is 5.07. The number of fused-ring (bicyclic) bond motifs is 2. The fourth-order valence-corrected chi connectivity index (χ4v) is 5.71. The molecular formula is C31H24Cl2N4O. The van der Waals surface area contributed by atoms with Gasteiger partial charge in [-0.1, -0.05) is 60.7 Å². The van der Waals surface area contributed by atoms with Gasteiger partial charge >= 0.3 is 0 Å². The first kappa shape index (κ1) is 24.4. The lowest BCUT2D eigenvalue weighted by Gasteiger charge is -2.19. The van der Waals surface area contributed by atoms with Crippen LogP contribution >= 0.6 is 23.2 Å². The van der Waals surface area contributed by atoms with Crippen molar-refractivity contribution in [3.63, 3.8) is 0 Å². The number of halogens is 2. The number of alkyl halides is 2. The second-order valence-electron chi connectivity index (χ2n) is 9.28. The summed E-state index contributed by atoms with van der Waals surface area (Å²) in [6.45, 7) is 0. The number of carbonyl (C=O) groups excluding carboxylic acids is 1. The molecule has 0 aliphatic heterocycles. The van der Waals surface area contributed by atoms with E-state index in [1.54, 1.807) is 0 Å². The Morgan fingerprint density at radius 1 is 0.658 bits per heavy atom. The van der Waals surface area contributed by atoms with Crippen LogP contribution in [-0.2, 0) is 4.79 Å². The Balaban J connectivity index is 1.39. The molecule has 0 saturated heterocycles. The number of ketones is 1. The average molecular weight is 539 g/mol. The number of carbonyl (C=O) groups is 1. The summed E-state index contributed by atoms with van der Waals surface area (Å²) in [6.07, 6.45) is 7.35. The van der Waals surface area contributed by atoms with Crippen LogP contribution in [-0.4, -0.2) is 37.5 Å². The van der Waals surface area contributed by atoms with Crippen molar-refractivity contribution >= 4 is 51.1 Å². The summed E-state index contributed by atoms with van der Waals surface area (Å²) in [7, 11) is 0. The molecule has 0 saturated carbocycles. The molecule has 2 aromatic carbocycles. The minimum atomic E-state index is -0.558. The van der Waals surface area contributed by atoms with Crippen LogP contribution in [0.2, 0.25) is 0 Å². The van der Waals surface area contributed by atoms with E-state index in [1.807, 2.05) is 85.5 Å². The zero-order chi connectivity index (χ0) is 26.1. The van der Waals surface area contributed by atoms with Crippen LogP contribution in [0.1, 0.15) is 23.0 Å². The molecule has 4 heterocycles. The third-order valence-electron chi connectivity index (χ3n) is 7.09. The van der Waals surface area contributed by atoms with Gasteiger partial charge in [-0.2, -0.15) is 0 Å². The Bertz CT molecular complexity index is 1600. The second-order valence-corrected chi connectivity index (χ2v) is 9.89. The lowest BCUT2D eigenvalue weighted by molar-refractivity contribution is -0.121. The molecule has 38 heavy (non-hydrogen) atoms. The molecule has 6 aromatic rings. The Kier molecular flexibility index (Phi) is 6.71. The van der Waals surface area contributed by atoms with Crippen molar-refractivity contribution < 1.29 is 4.79 Å². The average Bonchev–Trinajstić information content (AvgIpc) is 3.59. The molecule has 4 aromatic heterocycles. The van der Waals surface area contributed by atoms with Gasteiger partial charge in [-0.25, -0.2) is 9.97 Å². The lowest BCUT2D eigenvalue weighted by Crippen LogP contribution is -2.23. The summed E-state index contributed by atoms with van der Waals surface area (Å²) in [5.74, 6) is -0.892. The number of hydrogen-bond acceptors (Lipinski definition) is 3. The summed E-state index contributed by atoms with van der Waals surface area (Å²) in [6, 6.07) is 24.2. The largest absolute Gasteiger partial charge is 0.346 e. The molecule has 0 aliphatic rings. The second kappa shape index (κ2) is 10.4. The quantitative estimate of drug-likeness (QED) is 0.195. The van der Waals surface area contributed by atoms with Crippen LogP contribution in [0.4, 0.5) is 0 Å². The third-order valence-corrected chi connectivity index (χ3v) is 7.70. The highest BCUT2D eigenvalue weighted by Crippen LogP contribution is 2.36. The molecular weight excluding hydrogens is 515 g/mol. The molecule has 0 spiro atoms. The topological polar surface area (TPSA) is 74.4 Å². The van der Waals surface area contributed by atoms with E-state index in [4.69, 9.17) is 23.2 Å². The van der Waals surface area contributed by atoms with Crippen molar-refractivity contribution in [2.75, 3.05) is 11.8 Å². The maximum Gasteiger partial charge on any atom is 0.150 e. The molecule has 0 aliphatic carbocycles. The highest BCUT2D eigenvalue weighted by Gasteiger charge is 2.32. The summed E-state index contributed by atoms with van der Waals surface area (Å²) in [5, 5.41) is 1.76. The van der Waals surface area contributed by atoms with Crippen LogP contribution in [0, 0.1) is 0 Å². The standard InChI is InChI=1S/C31H24Cl2N4O/c32-13-25(27-17-36-30-23(27)11-21(15-34-30)19-7-3-1-4-8-19)29(38)26(14-33)28-18-37-31-24(28)12-22(16-35-31)20-9-5-2-6-10-20/h1-12,15-18,25-26H,13-14H2,(H,34,36)(H,35,37). The number of aromatic nitrogens is 4. The molecule has 2 N–H and O–H groups in total. The minimum absolute atomic E-state index is 0.0352. The van der Waals surface area contributed by atoms with E-state index in [-0.39, 0.29) is 17.5 Å². The third kappa shape index (κ3) is 4.38. The van der Waals surface area contributed by atoms with Crippen LogP contribution < -0.4 is 0 Å². The number of nitrogens with zero attached hydrogens (tertiary/aromatic N) is 2. The van der Waals surface area contributed by atoms with E-state index in [2.05, 4.69) is 32.1 Å². The first-order chi connectivity index (χ1) is 18.7. The van der Waals surface area contributed by atoms with Gasteiger partial charge in [0.1, 0.15) is 17.1 Å². The van der Waals surface area contributed by atoms with Gasteiger partial charge in [-0.3, -0.25) is 4.79 Å². The zero-order valence-corrected chi connectivity index (χ0v) is 21.9. The normalized spacial score (nSPS) is 13.1. The Labute approximate surface area is 229 Å². The van der Waals surface area contributed by atoms with Crippen LogP contribution in [0.5, 0.6) is 0 Å². The highest BCUT2D eigenvalue weighted by molar-refractivity contribution is 6.23. The number of H-pyrrole nitrogens is 2. The fraction of sp³-hybridized carbons (Fsp3) is 0.129. The van der Waals surface area contributed by atoms with Gasteiger partial charge in [0.05, 0.1) is 11.8 Å². The van der Waals surface area contributed by atoms with Crippen molar-refractivity contribution in [3.05, 3.63) is 109 Å². The van der Waals surface area contributed by atoms with E-state index in [9.17, 15) is 4.79 Å². The zero-order valence-electron chi connectivity index (χ0n) is 20.4. The summed E-state index contributed by atoms with van der Waals surface area (Å²) in [4.78, 5) is 29.7. The van der Waals surface area contributed by atoms with Gasteiger partial charge in [0, 0.05) is 58.4 Å². The maximum atomic E-state index is 14.1. The highest BCUT2D eigenvalue weighted by atomic mass is 35.5. The summed E-state index contributed by atoms with van der Waals surface area (Å²) < 4.78 is 0. The molecule has 0 radical (unpaired) electrons. The van der Waals surface area contributed by atoms with Gasteiger partial charge < -0.3 is 9.97 Å². The van der Waals surface area contributed by atoms with Gasteiger partial charge in [-0.15, -0.1) is 23.2 Å². The number of benzene rings is 2. The summed E-state index contributed by atoms with van der Waals surface area (Å²) >= 11 is 13.0. The molecule has 188 valence electrons. The van der Waals surface area contributed by atoms with Crippen LogP contribution in [0.15, 0.2) is 97.6 Å². The Morgan fingerprint density at radius 3 is 1.47 bits per heavy atom. The number of Topliss-reactive ketones (excluding diaryl/α,β-unsaturated/α-hetero) is 1. The number of aromatic amines is 2. The van der Waals surface area contributed by atoms with Crippen molar-refractivity contribution in [1.29, 1.82) is 0 Å². The van der Waals surface area contributed by atoms with E-state index in [0.29, 0.717) is 11.3 Å².